The van der Waals surface area contributed by atoms with Crippen LogP contribution in [0.3, 0.4) is 0 Å². The van der Waals surface area contributed by atoms with Gasteiger partial charge >= 0.3 is 11.8 Å². The number of aryl methyl sites for hydroxylation is 2. The predicted molar refractivity (Wildman–Crippen MR) is 149 cm³/mol. The van der Waals surface area contributed by atoms with E-state index in [1.54, 1.807) is 11.3 Å². The van der Waals surface area contributed by atoms with Crippen LogP contribution in [0.25, 0.3) is 0 Å². The summed E-state index contributed by atoms with van der Waals surface area (Å²) in [6.45, 7) is 9.81. The van der Waals surface area contributed by atoms with Gasteiger partial charge in [-0.1, -0.05) is 16.8 Å². The van der Waals surface area contributed by atoms with Gasteiger partial charge in [0.2, 0.25) is 0 Å². The second-order valence-corrected chi connectivity index (χ2v) is 12.8. The molecular formula is C27H34ClFN6O3S. The molecule has 0 unspecified atom stereocenters. The number of amides is 2. The van der Waals surface area contributed by atoms with Crippen LogP contribution >= 0.6 is 22.9 Å². The van der Waals surface area contributed by atoms with E-state index >= 15 is 0 Å². The van der Waals surface area contributed by atoms with Crippen molar-refractivity contribution in [3.8, 4) is 0 Å². The van der Waals surface area contributed by atoms with Gasteiger partial charge in [0.1, 0.15) is 5.82 Å². The van der Waals surface area contributed by atoms with E-state index in [9.17, 15) is 19.1 Å². The molecule has 0 aliphatic carbocycles. The average Bonchev–Trinajstić information content (AvgIpc) is 3.51. The van der Waals surface area contributed by atoms with Crippen molar-refractivity contribution in [2.75, 3.05) is 5.32 Å². The highest BCUT2D eigenvalue weighted by molar-refractivity contribution is 7.11. The third-order valence-electron chi connectivity index (χ3n) is 7.04. The minimum absolute atomic E-state index is 0.0575. The second-order valence-electron chi connectivity index (χ2n) is 11.1. The number of halogens is 2. The van der Waals surface area contributed by atoms with E-state index in [4.69, 9.17) is 11.6 Å². The molecule has 1 aliphatic heterocycles. The second kappa shape index (κ2) is 11.7. The van der Waals surface area contributed by atoms with E-state index in [-0.39, 0.29) is 34.4 Å². The van der Waals surface area contributed by atoms with Crippen LogP contribution in [0.5, 0.6) is 0 Å². The van der Waals surface area contributed by atoms with Crippen LogP contribution in [0.15, 0.2) is 36.5 Å². The monoisotopic (exact) mass is 576 g/mol. The zero-order valence-corrected chi connectivity index (χ0v) is 24.1. The summed E-state index contributed by atoms with van der Waals surface area (Å²) in [5.41, 5.74) is 0.398. The molecule has 0 bridgehead atoms. The molecule has 0 atom stereocenters. The number of aromatic nitrogens is 3. The van der Waals surface area contributed by atoms with Gasteiger partial charge in [0.05, 0.1) is 17.3 Å². The average molecular weight is 577 g/mol. The first-order chi connectivity index (χ1) is 18.4. The number of carbonyl (C=O) groups is 2. The van der Waals surface area contributed by atoms with E-state index in [0.29, 0.717) is 25.9 Å². The molecule has 210 valence electrons. The molecule has 3 heterocycles. The van der Waals surface area contributed by atoms with Crippen molar-refractivity contribution in [2.24, 2.45) is 0 Å². The molecule has 1 aromatic carbocycles. The lowest BCUT2D eigenvalue weighted by atomic mass is 9.76. The van der Waals surface area contributed by atoms with Gasteiger partial charge in [-0.3, -0.25) is 19.2 Å². The Labute approximate surface area is 236 Å². The lowest BCUT2D eigenvalue weighted by Crippen LogP contribution is -2.64. The van der Waals surface area contributed by atoms with E-state index in [0.717, 1.165) is 23.1 Å². The summed E-state index contributed by atoms with van der Waals surface area (Å²) in [7, 11) is 0. The molecule has 1 aliphatic rings. The molecule has 0 radical (unpaired) electrons. The minimum atomic E-state index is -0.860. The normalized spacial score (nSPS) is 17.2. The van der Waals surface area contributed by atoms with E-state index in [1.807, 2.05) is 23.0 Å². The molecule has 3 N–H and O–H groups in total. The van der Waals surface area contributed by atoms with Crippen LogP contribution in [-0.4, -0.2) is 53.9 Å². The number of aliphatic hydroxyl groups is 1. The highest BCUT2D eigenvalue weighted by atomic mass is 35.5. The van der Waals surface area contributed by atoms with Gasteiger partial charge in [0.25, 0.3) is 0 Å². The van der Waals surface area contributed by atoms with Crippen molar-refractivity contribution in [2.45, 2.75) is 83.8 Å². The number of aliphatic hydroxyl groups excluding tert-OH is 1. The number of nitrogens with one attached hydrogen (secondary N) is 2. The lowest BCUT2D eigenvalue weighted by Gasteiger charge is -2.55. The van der Waals surface area contributed by atoms with Crippen LogP contribution in [0, 0.1) is 5.82 Å². The SMILES string of the molecule is CC1(C)CC(NC(=O)C(=O)Nc2ccc(Cl)c(F)c2)CC(C)(C)N1Cc1cn(CCc2ccc(CO)s2)nn1. The van der Waals surface area contributed by atoms with Gasteiger partial charge in [-0.2, -0.15) is 0 Å². The van der Waals surface area contributed by atoms with E-state index in [1.165, 1.54) is 17.0 Å². The van der Waals surface area contributed by atoms with Crippen LogP contribution < -0.4 is 10.6 Å². The summed E-state index contributed by atoms with van der Waals surface area (Å²) in [5, 5.41) is 23.2. The van der Waals surface area contributed by atoms with Crippen molar-refractivity contribution in [1.29, 1.82) is 0 Å². The maximum atomic E-state index is 13.7. The molecule has 39 heavy (non-hydrogen) atoms. The number of hydrogen-bond donors (Lipinski definition) is 3. The van der Waals surface area contributed by atoms with Crippen molar-refractivity contribution in [3.63, 3.8) is 0 Å². The summed E-state index contributed by atoms with van der Waals surface area (Å²) in [6, 6.07) is 7.58. The molecule has 4 rings (SSSR count). The predicted octanol–water partition coefficient (Wildman–Crippen LogP) is 4.14. The van der Waals surface area contributed by atoms with Crippen molar-refractivity contribution < 1.29 is 19.1 Å². The smallest absolute Gasteiger partial charge is 0.313 e. The molecule has 1 saturated heterocycles. The molecule has 0 saturated carbocycles. The third-order valence-corrected chi connectivity index (χ3v) is 8.48. The fraction of sp³-hybridized carbons (Fsp3) is 0.481. The molecule has 1 fully saturated rings. The van der Waals surface area contributed by atoms with Crippen LogP contribution in [0.1, 0.15) is 56.0 Å². The van der Waals surface area contributed by atoms with Crippen molar-refractivity contribution >= 4 is 40.4 Å². The standard InChI is InChI=1S/C27H34ClFN6O3S/c1-26(2)12-18(31-25(38)24(37)30-17-5-8-22(28)23(29)11-17)13-27(3,4)35(26)15-19-14-34(33-32-19)10-9-20-6-7-21(16-36)39-20/h5-8,11,14,18,36H,9-10,12-13,15-16H2,1-4H3,(H,30,37)(H,31,38). The lowest BCUT2D eigenvalue weighted by molar-refractivity contribution is -0.137. The number of benzene rings is 1. The fourth-order valence-corrected chi connectivity index (χ4v) is 6.39. The van der Waals surface area contributed by atoms with Crippen molar-refractivity contribution in [3.05, 3.63) is 62.8 Å². The number of piperidine rings is 1. The largest absolute Gasteiger partial charge is 0.391 e. The number of nitrogens with zero attached hydrogens (tertiary/aromatic N) is 4. The van der Waals surface area contributed by atoms with Gasteiger partial charge in [0.15, 0.2) is 0 Å². The molecule has 0 spiro atoms. The van der Waals surface area contributed by atoms with Gasteiger partial charge < -0.3 is 15.7 Å². The number of rotatable bonds is 8. The van der Waals surface area contributed by atoms with Gasteiger partial charge in [0, 0.05) is 58.3 Å². The first-order valence-electron chi connectivity index (χ1n) is 12.8. The van der Waals surface area contributed by atoms with Crippen LogP contribution in [-0.2, 0) is 35.7 Å². The summed E-state index contributed by atoms with van der Waals surface area (Å²) >= 11 is 7.28. The number of anilines is 1. The van der Waals surface area contributed by atoms with Gasteiger partial charge in [-0.25, -0.2) is 4.39 Å². The number of thiophene rings is 1. The molecule has 2 amide bonds. The Hall–Kier alpha value is -2.86. The van der Waals surface area contributed by atoms with Crippen LogP contribution in [0.2, 0.25) is 5.02 Å². The third kappa shape index (κ3) is 7.21. The first kappa shape index (κ1) is 29.1. The summed E-state index contributed by atoms with van der Waals surface area (Å²) in [4.78, 5) is 29.6. The molecule has 9 nitrogen and oxygen atoms in total. The Balaban J connectivity index is 1.34. The first-order valence-corrected chi connectivity index (χ1v) is 14.0. The molecule has 12 heteroatoms. The maximum absolute atomic E-state index is 13.7. The number of likely N-dealkylation sites (tertiary alicyclic amines) is 1. The Bertz CT molecular complexity index is 1320. The Kier molecular flexibility index (Phi) is 8.75. The zero-order valence-electron chi connectivity index (χ0n) is 22.5. The topological polar surface area (TPSA) is 112 Å². The molecule has 3 aromatic rings. The zero-order chi connectivity index (χ0) is 28.4. The van der Waals surface area contributed by atoms with Gasteiger partial charge in [-0.05, 0) is 70.9 Å². The fourth-order valence-electron chi connectivity index (χ4n) is 5.41. The minimum Gasteiger partial charge on any atom is -0.391 e. The van der Waals surface area contributed by atoms with Crippen LogP contribution in [0.4, 0.5) is 10.1 Å². The Morgan fingerprint density at radius 3 is 2.46 bits per heavy atom. The molecule has 2 aromatic heterocycles. The quantitative estimate of drug-likeness (QED) is 0.347. The van der Waals surface area contributed by atoms with E-state index in [2.05, 4.69) is 53.5 Å². The number of carbonyl (C=O) groups excluding carboxylic acids is 2. The summed E-state index contributed by atoms with van der Waals surface area (Å²) in [5.74, 6) is -2.30. The summed E-state index contributed by atoms with van der Waals surface area (Å²) < 4.78 is 15.5. The van der Waals surface area contributed by atoms with Gasteiger partial charge in [-0.15, -0.1) is 16.4 Å². The highest BCUT2D eigenvalue weighted by Gasteiger charge is 2.46. The molecular weight excluding hydrogens is 543 g/mol. The Morgan fingerprint density at radius 2 is 1.82 bits per heavy atom. The highest BCUT2D eigenvalue weighted by Crippen LogP contribution is 2.39. The maximum Gasteiger partial charge on any atom is 0.313 e. The Morgan fingerprint density at radius 1 is 1.13 bits per heavy atom. The van der Waals surface area contributed by atoms with Crippen molar-refractivity contribution in [1.82, 2.24) is 25.2 Å². The van der Waals surface area contributed by atoms with E-state index < -0.39 is 17.6 Å². The number of hydrogen-bond acceptors (Lipinski definition) is 7. The summed E-state index contributed by atoms with van der Waals surface area (Å²) in [6.07, 6.45) is 4.04.